The summed E-state index contributed by atoms with van der Waals surface area (Å²) in [5, 5.41) is 3.26. The van der Waals surface area contributed by atoms with E-state index in [9.17, 15) is 17.6 Å². The van der Waals surface area contributed by atoms with E-state index in [4.69, 9.17) is 0 Å². The zero-order valence-electron chi connectivity index (χ0n) is 15.0. The summed E-state index contributed by atoms with van der Waals surface area (Å²) in [4.78, 5) is 18.5. The molecule has 0 aliphatic carbocycles. The van der Waals surface area contributed by atoms with Gasteiger partial charge >= 0.3 is 0 Å². The number of aromatic nitrogens is 1. The maximum atomic E-state index is 12.9. The Morgan fingerprint density at radius 3 is 2.71 bits per heavy atom. The van der Waals surface area contributed by atoms with Crippen molar-refractivity contribution >= 4 is 28.3 Å². The lowest BCUT2D eigenvalue weighted by molar-refractivity contribution is -0.134. The second-order valence-corrected chi connectivity index (χ2v) is 7.96. The Kier molecular flexibility index (Phi) is 7.88. The quantitative estimate of drug-likeness (QED) is 0.727. The van der Waals surface area contributed by atoms with Gasteiger partial charge in [-0.05, 0) is 35.9 Å². The van der Waals surface area contributed by atoms with Crippen molar-refractivity contribution in [1.29, 1.82) is 0 Å². The van der Waals surface area contributed by atoms with Crippen LogP contribution < -0.4 is 10.0 Å². The average Bonchev–Trinajstić information content (AvgIpc) is 2.69. The summed E-state index contributed by atoms with van der Waals surface area (Å²) in [6.45, 7) is 1.83. The van der Waals surface area contributed by atoms with Crippen LogP contribution in [0.15, 0.2) is 53.7 Å². The minimum absolute atomic E-state index is 0. The van der Waals surface area contributed by atoms with Crippen LogP contribution in [0.4, 0.5) is 4.39 Å². The topological polar surface area (TPSA) is 91.4 Å². The van der Waals surface area contributed by atoms with E-state index in [1.807, 2.05) is 12.1 Å². The number of sulfonamides is 1. The highest BCUT2D eigenvalue weighted by Crippen LogP contribution is 2.22. The fraction of sp³-hybridized carbons (Fsp3) is 0.333. The number of rotatable bonds is 6. The number of halogens is 2. The molecule has 2 heterocycles. The van der Waals surface area contributed by atoms with E-state index in [-0.39, 0.29) is 42.2 Å². The summed E-state index contributed by atoms with van der Waals surface area (Å²) in [6.07, 6.45) is 3.45. The zero-order valence-corrected chi connectivity index (χ0v) is 16.7. The molecule has 10 heteroatoms. The highest BCUT2D eigenvalue weighted by molar-refractivity contribution is 7.89. The van der Waals surface area contributed by atoms with Crippen molar-refractivity contribution < 1.29 is 17.6 Å². The smallest absolute Gasteiger partial charge is 0.240 e. The standard InChI is InChI=1S/C18H21FN4O3S.ClH/c19-15-3-5-16(6-4-15)27(25,26)22-9-7-18(24)23-11-10-21-13-17(23)14-2-1-8-20-12-14;/h1-6,8,12,17,21-22H,7,9-11,13H2;1H. The molecule has 1 unspecified atom stereocenters. The lowest BCUT2D eigenvalue weighted by Gasteiger charge is -2.36. The van der Waals surface area contributed by atoms with Crippen molar-refractivity contribution in [3.05, 3.63) is 60.2 Å². The molecule has 1 aromatic heterocycles. The summed E-state index contributed by atoms with van der Waals surface area (Å²) in [6, 6.07) is 8.15. The van der Waals surface area contributed by atoms with Crippen LogP contribution in [0.2, 0.25) is 0 Å². The van der Waals surface area contributed by atoms with Gasteiger partial charge < -0.3 is 10.2 Å². The summed E-state index contributed by atoms with van der Waals surface area (Å²) >= 11 is 0. The van der Waals surface area contributed by atoms with Gasteiger partial charge in [0.15, 0.2) is 0 Å². The molecule has 1 saturated heterocycles. The van der Waals surface area contributed by atoms with E-state index < -0.39 is 15.8 Å². The third-order valence-corrected chi connectivity index (χ3v) is 5.86. The van der Waals surface area contributed by atoms with Gasteiger partial charge in [0.25, 0.3) is 0 Å². The number of pyridine rings is 1. The van der Waals surface area contributed by atoms with E-state index in [1.165, 1.54) is 12.1 Å². The first-order chi connectivity index (χ1) is 13.0. The molecule has 0 radical (unpaired) electrons. The molecule has 1 amide bonds. The van der Waals surface area contributed by atoms with E-state index >= 15 is 0 Å². The van der Waals surface area contributed by atoms with Gasteiger partial charge in [0.05, 0.1) is 10.9 Å². The van der Waals surface area contributed by atoms with Gasteiger partial charge in [0.2, 0.25) is 15.9 Å². The van der Waals surface area contributed by atoms with Crippen LogP contribution >= 0.6 is 12.4 Å². The van der Waals surface area contributed by atoms with E-state index in [0.29, 0.717) is 19.6 Å². The minimum atomic E-state index is -3.78. The molecule has 2 N–H and O–H groups in total. The van der Waals surface area contributed by atoms with Gasteiger partial charge in [0.1, 0.15) is 5.82 Å². The van der Waals surface area contributed by atoms with Gasteiger partial charge in [-0.25, -0.2) is 17.5 Å². The molecular formula is C18H22ClFN4O3S. The normalized spacial score (nSPS) is 17.0. The second kappa shape index (κ2) is 9.92. The number of hydrogen-bond donors (Lipinski definition) is 2. The number of benzene rings is 1. The van der Waals surface area contributed by atoms with Gasteiger partial charge in [-0.1, -0.05) is 6.07 Å². The van der Waals surface area contributed by atoms with Crippen LogP contribution in [0.1, 0.15) is 18.0 Å². The molecule has 0 saturated carbocycles. The Morgan fingerprint density at radius 1 is 1.29 bits per heavy atom. The Hall–Kier alpha value is -2.07. The molecular weight excluding hydrogens is 407 g/mol. The van der Waals surface area contributed by atoms with Crippen molar-refractivity contribution in [2.75, 3.05) is 26.2 Å². The lowest BCUT2D eigenvalue weighted by atomic mass is 10.0. The highest BCUT2D eigenvalue weighted by atomic mass is 35.5. The number of nitrogens with one attached hydrogen (secondary N) is 2. The molecule has 28 heavy (non-hydrogen) atoms. The van der Waals surface area contributed by atoms with Crippen molar-refractivity contribution in [3.8, 4) is 0 Å². The first-order valence-corrected chi connectivity index (χ1v) is 10.1. The monoisotopic (exact) mass is 428 g/mol. The van der Waals surface area contributed by atoms with Crippen molar-refractivity contribution in [2.45, 2.75) is 17.4 Å². The minimum Gasteiger partial charge on any atom is -0.333 e. The molecule has 1 aliphatic rings. The predicted molar refractivity (Wildman–Crippen MR) is 105 cm³/mol. The SMILES string of the molecule is Cl.O=C(CCNS(=O)(=O)c1ccc(F)cc1)N1CCNCC1c1cccnc1. The average molecular weight is 429 g/mol. The van der Waals surface area contributed by atoms with Crippen molar-refractivity contribution in [1.82, 2.24) is 19.9 Å². The number of carbonyl (C=O) groups is 1. The Labute approximate surface area is 169 Å². The third-order valence-electron chi connectivity index (χ3n) is 4.39. The molecule has 1 aromatic carbocycles. The van der Waals surface area contributed by atoms with E-state index in [2.05, 4.69) is 15.0 Å². The van der Waals surface area contributed by atoms with Gasteiger partial charge in [-0.3, -0.25) is 9.78 Å². The van der Waals surface area contributed by atoms with Crippen molar-refractivity contribution in [2.24, 2.45) is 0 Å². The maximum absolute atomic E-state index is 12.9. The molecule has 152 valence electrons. The molecule has 3 rings (SSSR count). The van der Waals surface area contributed by atoms with Crippen LogP contribution in [0, 0.1) is 5.82 Å². The molecule has 1 aliphatic heterocycles. The number of carbonyl (C=O) groups excluding carboxylic acids is 1. The third kappa shape index (κ3) is 5.48. The summed E-state index contributed by atoms with van der Waals surface area (Å²) in [7, 11) is -3.78. The number of hydrogen-bond acceptors (Lipinski definition) is 5. The van der Waals surface area contributed by atoms with Gasteiger partial charge in [-0.2, -0.15) is 0 Å². The Balaban J connectivity index is 0.00000280. The molecule has 1 atom stereocenters. The predicted octanol–water partition coefficient (Wildman–Crippen LogP) is 1.48. The van der Waals surface area contributed by atoms with Gasteiger partial charge in [0, 0.05) is 45.0 Å². The summed E-state index contributed by atoms with van der Waals surface area (Å²) in [5.74, 6) is -0.642. The van der Waals surface area contributed by atoms with Crippen LogP contribution in [-0.2, 0) is 14.8 Å². The second-order valence-electron chi connectivity index (χ2n) is 6.20. The zero-order chi connectivity index (χ0) is 19.3. The van der Waals surface area contributed by atoms with Crippen LogP contribution in [0.25, 0.3) is 0 Å². The first-order valence-electron chi connectivity index (χ1n) is 8.63. The van der Waals surface area contributed by atoms with Crippen LogP contribution in [0.5, 0.6) is 0 Å². The maximum Gasteiger partial charge on any atom is 0.240 e. The molecule has 0 bridgehead atoms. The van der Waals surface area contributed by atoms with Crippen LogP contribution in [-0.4, -0.2) is 50.4 Å². The molecule has 0 spiro atoms. The fourth-order valence-corrected chi connectivity index (χ4v) is 4.04. The van der Waals surface area contributed by atoms with Gasteiger partial charge in [-0.15, -0.1) is 12.4 Å². The highest BCUT2D eigenvalue weighted by Gasteiger charge is 2.28. The Bertz CT molecular complexity index is 881. The lowest BCUT2D eigenvalue weighted by Crippen LogP contribution is -2.49. The van der Waals surface area contributed by atoms with Crippen molar-refractivity contribution in [3.63, 3.8) is 0 Å². The number of amides is 1. The van der Waals surface area contributed by atoms with E-state index in [1.54, 1.807) is 17.3 Å². The Morgan fingerprint density at radius 2 is 2.04 bits per heavy atom. The first kappa shape index (κ1) is 22.2. The summed E-state index contributed by atoms with van der Waals surface area (Å²) < 4.78 is 39.8. The summed E-state index contributed by atoms with van der Waals surface area (Å²) in [5.41, 5.74) is 0.935. The molecule has 7 nitrogen and oxygen atoms in total. The van der Waals surface area contributed by atoms with Crippen LogP contribution in [0.3, 0.4) is 0 Å². The molecule has 2 aromatic rings. The number of nitrogens with zero attached hydrogens (tertiary/aromatic N) is 2. The van der Waals surface area contributed by atoms with E-state index in [0.717, 1.165) is 17.7 Å². The number of piperazine rings is 1. The molecule has 1 fully saturated rings. The largest absolute Gasteiger partial charge is 0.333 e. The fourth-order valence-electron chi connectivity index (χ4n) is 3.01.